The minimum Gasteiger partial charge on any atom is -0.398 e. The van der Waals surface area contributed by atoms with Crippen LogP contribution in [0.4, 0.5) is 11.4 Å². The highest BCUT2D eigenvalue weighted by Gasteiger charge is 2.19. The Balaban J connectivity index is 2.40. The molecule has 7 heteroatoms. The maximum absolute atomic E-state index is 12.5. The summed E-state index contributed by atoms with van der Waals surface area (Å²) in [6.45, 7) is 0.312. The summed E-state index contributed by atoms with van der Waals surface area (Å²) in [4.78, 5) is 0.0316. The average molecular weight is 371 g/mol. The molecule has 5 nitrogen and oxygen atoms in total. The molecule has 0 aliphatic carbocycles. The number of nitrogens with one attached hydrogen (secondary N) is 1. The van der Waals surface area contributed by atoms with E-state index >= 15 is 0 Å². The van der Waals surface area contributed by atoms with Crippen molar-refractivity contribution in [1.82, 2.24) is 0 Å². The zero-order valence-corrected chi connectivity index (χ0v) is 13.7. The molecule has 0 saturated heterocycles. The first kappa shape index (κ1) is 15.8. The smallest absolute Gasteiger partial charge is 0.263 e. The molecule has 0 aliphatic heterocycles. The monoisotopic (exact) mass is 370 g/mol. The summed E-state index contributed by atoms with van der Waals surface area (Å²) < 4.78 is 33.2. The van der Waals surface area contributed by atoms with Crippen molar-refractivity contribution in [2.75, 3.05) is 17.6 Å². The van der Waals surface area contributed by atoms with Crippen LogP contribution in [0.1, 0.15) is 5.56 Å². The summed E-state index contributed by atoms with van der Waals surface area (Å²) in [7, 11) is -2.21. The Kier molecular flexibility index (Phi) is 4.87. The van der Waals surface area contributed by atoms with Crippen LogP contribution in [-0.4, -0.2) is 15.5 Å². The second-order valence-electron chi connectivity index (χ2n) is 4.38. The summed E-state index contributed by atoms with van der Waals surface area (Å²) in [5.41, 5.74) is 7.17. The fraction of sp³-hybridized carbons (Fsp3) is 0.143. The molecular weight excluding hydrogens is 356 g/mol. The zero-order chi connectivity index (χ0) is 15.5. The van der Waals surface area contributed by atoms with Gasteiger partial charge >= 0.3 is 0 Å². The lowest BCUT2D eigenvalue weighted by atomic mass is 10.2. The fourth-order valence-corrected chi connectivity index (χ4v) is 3.61. The molecule has 0 bridgehead atoms. The van der Waals surface area contributed by atoms with Gasteiger partial charge in [0.2, 0.25) is 0 Å². The van der Waals surface area contributed by atoms with Crippen LogP contribution in [0.15, 0.2) is 51.8 Å². The number of nitrogens with two attached hydrogens (primary N) is 1. The van der Waals surface area contributed by atoms with Crippen molar-refractivity contribution in [3.8, 4) is 0 Å². The number of halogens is 1. The number of nitrogen functional groups attached to an aromatic ring is 1. The molecule has 0 radical (unpaired) electrons. The highest BCUT2D eigenvalue weighted by atomic mass is 79.9. The SMILES string of the molecule is COCc1ccccc1NS(=O)(=O)c1cc(Br)ccc1N. The van der Waals surface area contributed by atoms with E-state index in [2.05, 4.69) is 20.7 Å². The van der Waals surface area contributed by atoms with Crippen LogP contribution >= 0.6 is 15.9 Å². The quantitative estimate of drug-likeness (QED) is 0.792. The Labute approximate surface area is 132 Å². The molecule has 0 aromatic heterocycles. The minimum atomic E-state index is -3.77. The molecule has 0 heterocycles. The van der Waals surface area contributed by atoms with Crippen LogP contribution < -0.4 is 10.5 Å². The van der Waals surface area contributed by atoms with Crippen molar-refractivity contribution in [2.24, 2.45) is 0 Å². The van der Waals surface area contributed by atoms with Gasteiger partial charge in [-0.2, -0.15) is 0 Å². The highest BCUT2D eigenvalue weighted by Crippen LogP contribution is 2.26. The molecule has 3 N–H and O–H groups in total. The van der Waals surface area contributed by atoms with E-state index in [0.717, 1.165) is 5.56 Å². The number of hydrogen-bond acceptors (Lipinski definition) is 4. The van der Waals surface area contributed by atoms with Crippen LogP contribution in [0.3, 0.4) is 0 Å². The molecule has 112 valence electrons. The number of anilines is 2. The summed E-state index contributed by atoms with van der Waals surface area (Å²) in [5, 5.41) is 0. The van der Waals surface area contributed by atoms with Gasteiger partial charge in [-0.25, -0.2) is 8.42 Å². The van der Waals surface area contributed by atoms with Gasteiger partial charge in [0, 0.05) is 17.1 Å². The van der Waals surface area contributed by atoms with Gasteiger partial charge < -0.3 is 10.5 Å². The molecule has 0 fully saturated rings. The van der Waals surface area contributed by atoms with Gasteiger partial charge in [0.15, 0.2) is 0 Å². The zero-order valence-electron chi connectivity index (χ0n) is 11.3. The third-order valence-corrected chi connectivity index (χ3v) is 4.74. The van der Waals surface area contributed by atoms with Crippen molar-refractivity contribution in [1.29, 1.82) is 0 Å². The normalized spacial score (nSPS) is 11.3. The molecule has 21 heavy (non-hydrogen) atoms. The maximum Gasteiger partial charge on any atom is 0.263 e. The van der Waals surface area contributed by atoms with E-state index in [-0.39, 0.29) is 10.6 Å². The van der Waals surface area contributed by atoms with E-state index in [4.69, 9.17) is 10.5 Å². The number of ether oxygens (including phenoxy) is 1. The molecule has 0 unspecified atom stereocenters. The standard InChI is InChI=1S/C14H15BrN2O3S/c1-20-9-10-4-2-3-5-13(10)17-21(18,19)14-8-11(15)6-7-12(14)16/h2-8,17H,9,16H2,1H3. The van der Waals surface area contributed by atoms with Crippen molar-refractivity contribution < 1.29 is 13.2 Å². The van der Waals surface area contributed by atoms with Gasteiger partial charge in [0.1, 0.15) is 4.90 Å². The number of para-hydroxylation sites is 1. The van der Waals surface area contributed by atoms with Crippen LogP contribution in [0.2, 0.25) is 0 Å². The summed E-state index contributed by atoms with van der Waals surface area (Å²) in [5.74, 6) is 0. The Hall–Kier alpha value is -1.57. The van der Waals surface area contributed by atoms with E-state index in [1.807, 2.05) is 6.07 Å². The topological polar surface area (TPSA) is 81.4 Å². The van der Waals surface area contributed by atoms with E-state index in [1.165, 1.54) is 6.07 Å². The number of benzene rings is 2. The van der Waals surface area contributed by atoms with E-state index in [1.54, 1.807) is 37.4 Å². The van der Waals surface area contributed by atoms with Gasteiger partial charge in [0.25, 0.3) is 10.0 Å². The Morgan fingerprint density at radius 3 is 2.67 bits per heavy atom. The third kappa shape index (κ3) is 3.75. The lowest BCUT2D eigenvalue weighted by molar-refractivity contribution is 0.185. The molecule has 0 spiro atoms. The molecule has 2 aromatic rings. The second kappa shape index (κ2) is 6.46. The predicted molar refractivity (Wildman–Crippen MR) is 86.5 cm³/mol. The lowest BCUT2D eigenvalue weighted by Crippen LogP contribution is -2.16. The molecule has 0 aliphatic rings. The Bertz CT molecular complexity index is 748. The van der Waals surface area contributed by atoms with E-state index < -0.39 is 10.0 Å². The largest absolute Gasteiger partial charge is 0.398 e. The summed E-state index contributed by atoms with van der Waals surface area (Å²) in [6.07, 6.45) is 0. The molecule has 0 amide bonds. The number of hydrogen-bond donors (Lipinski definition) is 2. The van der Waals surface area contributed by atoms with Crippen LogP contribution in [0, 0.1) is 0 Å². The Morgan fingerprint density at radius 2 is 1.95 bits per heavy atom. The van der Waals surface area contributed by atoms with E-state index in [9.17, 15) is 8.42 Å². The van der Waals surface area contributed by atoms with Crippen molar-refractivity contribution in [3.05, 3.63) is 52.5 Å². The average Bonchev–Trinajstić information content (AvgIpc) is 2.43. The lowest BCUT2D eigenvalue weighted by Gasteiger charge is -2.13. The molecule has 2 rings (SSSR count). The van der Waals surface area contributed by atoms with Gasteiger partial charge in [-0.15, -0.1) is 0 Å². The van der Waals surface area contributed by atoms with Crippen LogP contribution in [0.5, 0.6) is 0 Å². The highest BCUT2D eigenvalue weighted by molar-refractivity contribution is 9.10. The molecular formula is C14H15BrN2O3S. The number of sulfonamides is 1. The molecule has 0 atom stereocenters. The van der Waals surface area contributed by atoms with Crippen molar-refractivity contribution >= 4 is 37.3 Å². The first-order valence-electron chi connectivity index (χ1n) is 6.09. The minimum absolute atomic E-state index is 0.0316. The van der Waals surface area contributed by atoms with E-state index in [0.29, 0.717) is 16.8 Å². The fourth-order valence-electron chi connectivity index (χ4n) is 1.84. The second-order valence-corrected chi connectivity index (χ2v) is 6.94. The van der Waals surface area contributed by atoms with Gasteiger partial charge in [-0.3, -0.25) is 4.72 Å². The van der Waals surface area contributed by atoms with Gasteiger partial charge in [-0.1, -0.05) is 34.1 Å². The Morgan fingerprint density at radius 1 is 1.24 bits per heavy atom. The van der Waals surface area contributed by atoms with Crippen LogP contribution in [-0.2, 0) is 21.4 Å². The first-order valence-corrected chi connectivity index (χ1v) is 8.36. The predicted octanol–water partition coefficient (Wildman–Crippen LogP) is 2.98. The van der Waals surface area contributed by atoms with Gasteiger partial charge in [0.05, 0.1) is 18.0 Å². The molecule has 2 aromatic carbocycles. The molecule has 0 saturated carbocycles. The third-order valence-electron chi connectivity index (χ3n) is 2.83. The summed E-state index contributed by atoms with van der Waals surface area (Å²) >= 11 is 3.25. The van der Waals surface area contributed by atoms with Crippen LogP contribution in [0.25, 0.3) is 0 Å². The van der Waals surface area contributed by atoms with Crippen molar-refractivity contribution in [2.45, 2.75) is 11.5 Å². The van der Waals surface area contributed by atoms with Gasteiger partial charge in [-0.05, 0) is 24.3 Å². The summed E-state index contributed by atoms with van der Waals surface area (Å²) in [6, 6.07) is 11.7. The number of methoxy groups -OCH3 is 1. The number of rotatable bonds is 5. The maximum atomic E-state index is 12.5. The van der Waals surface area contributed by atoms with Crippen molar-refractivity contribution in [3.63, 3.8) is 0 Å². The first-order chi connectivity index (χ1) is 9.94.